The van der Waals surface area contributed by atoms with Crippen LogP contribution in [-0.4, -0.2) is 15.2 Å². The number of halogens is 1. The van der Waals surface area contributed by atoms with Gasteiger partial charge in [-0.25, -0.2) is 0 Å². The van der Waals surface area contributed by atoms with Crippen molar-refractivity contribution in [3.8, 4) is 11.5 Å². The highest BCUT2D eigenvalue weighted by Crippen LogP contribution is 2.28. The van der Waals surface area contributed by atoms with Crippen LogP contribution in [0.2, 0.25) is 0 Å². The molecule has 0 fully saturated rings. The monoisotopic (exact) mass is 197 g/mol. The van der Waals surface area contributed by atoms with Crippen LogP contribution in [0.25, 0.3) is 10.9 Å². The highest BCUT2D eigenvalue weighted by Gasteiger charge is 2.03. The third-order valence-electron chi connectivity index (χ3n) is 1.73. The maximum atomic E-state index is 9.34. The van der Waals surface area contributed by atoms with Gasteiger partial charge in [0.15, 0.2) is 0 Å². The summed E-state index contributed by atoms with van der Waals surface area (Å²) in [6.45, 7) is 0. The van der Waals surface area contributed by atoms with Crippen molar-refractivity contribution in [3.05, 3.63) is 30.5 Å². The van der Waals surface area contributed by atoms with E-state index in [0.29, 0.717) is 10.9 Å². The summed E-state index contributed by atoms with van der Waals surface area (Å²) in [6.07, 6.45) is 1.57. The summed E-state index contributed by atoms with van der Waals surface area (Å²) in [5.41, 5.74) is 0.428. The van der Waals surface area contributed by atoms with E-state index in [4.69, 9.17) is 0 Å². The molecule has 68 valence electrons. The minimum Gasteiger partial charge on any atom is -0.507 e. The smallest absolute Gasteiger partial charge is 0.142 e. The summed E-state index contributed by atoms with van der Waals surface area (Å²) in [4.78, 5) is 3.93. The molecule has 1 heterocycles. The lowest BCUT2D eigenvalue weighted by Crippen LogP contribution is -1.78. The van der Waals surface area contributed by atoms with Gasteiger partial charge >= 0.3 is 0 Å². The van der Waals surface area contributed by atoms with E-state index >= 15 is 0 Å². The Morgan fingerprint density at radius 3 is 2.38 bits per heavy atom. The third kappa shape index (κ3) is 1.51. The first kappa shape index (κ1) is 9.61. The van der Waals surface area contributed by atoms with E-state index in [0.717, 1.165) is 0 Å². The molecule has 0 saturated carbocycles. The number of phenols is 2. The van der Waals surface area contributed by atoms with Crippen LogP contribution in [0.4, 0.5) is 0 Å². The van der Waals surface area contributed by atoms with Crippen molar-refractivity contribution < 1.29 is 10.2 Å². The Balaban J connectivity index is 0.000000845. The zero-order chi connectivity index (χ0) is 8.55. The van der Waals surface area contributed by atoms with Gasteiger partial charge < -0.3 is 10.2 Å². The van der Waals surface area contributed by atoms with Gasteiger partial charge in [-0.1, -0.05) is 0 Å². The van der Waals surface area contributed by atoms with Crippen LogP contribution in [0.1, 0.15) is 0 Å². The van der Waals surface area contributed by atoms with Crippen LogP contribution >= 0.6 is 12.4 Å². The first-order valence-electron chi connectivity index (χ1n) is 3.55. The quantitative estimate of drug-likeness (QED) is 0.636. The molecule has 3 nitrogen and oxygen atoms in total. The molecule has 0 bridgehead atoms. The molecule has 0 unspecified atom stereocenters. The Hall–Kier alpha value is -1.48. The Morgan fingerprint density at radius 2 is 1.69 bits per heavy atom. The fraction of sp³-hybridized carbons (Fsp3) is 0. The lowest BCUT2D eigenvalue weighted by atomic mass is 10.2. The lowest BCUT2D eigenvalue weighted by Gasteiger charge is -2.00. The molecule has 13 heavy (non-hydrogen) atoms. The summed E-state index contributed by atoms with van der Waals surface area (Å²) in [6, 6.07) is 6.28. The molecular weight excluding hydrogens is 190 g/mol. The van der Waals surface area contributed by atoms with E-state index in [1.807, 2.05) is 0 Å². The Bertz CT molecular complexity index is 390. The molecule has 2 rings (SSSR count). The van der Waals surface area contributed by atoms with E-state index in [2.05, 4.69) is 4.98 Å². The van der Waals surface area contributed by atoms with Gasteiger partial charge in [0.25, 0.3) is 0 Å². The van der Waals surface area contributed by atoms with Crippen molar-refractivity contribution in [2.75, 3.05) is 0 Å². The van der Waals surface area contributed by atoms with Crippen LogP contribution < -0.4 is 0 Å². The van der Waals surface area contributed by atoms with Crippen molar-refractivity contribution in [1.82, 2.24) is 4.98 Å². The molecule has 2 N–H and O–H groups in total. The number of pyridine rings is 1. The van der Waals surface area contributed by atoms with Gasteiger partial charge in [-0.3, -0.25) is 4.98 Å². The van der Waals surface area contributed by atoms with E-state index in [9.17, 15) is 10.2 Å². The molecule has 0 atom stereocenters. The molecule has 1 aromatic carbocycles. The average Bonchev–Trinajstić information content (AvgIpc) is 2.12. The van der Waals surface area contributed by atoms with Crippen LogP contribution in [0.3, 0.4) is 0 Å². The zero-order valence-electron chi connectivity index (χ0n) is 6.64. The largest absolute Gasteiger partial charge is 0.507 e. The Morgan fingerprint density at radius 1 is 1.00 bits per heavy atom. The first-order chi connectivity index (χ1) is 5.79. The van der Waals surface area contributed by atoms with E-state index in [1.54, 1.807) is 18.3 Å². The summed E-state index contributed by atoms with van der Waals surface area (Å²) < 4.78 is 0. The second-order valence-corrected chi connectivity index (χ2v) is 2.50. The van der Waals surface area contributed by atoms with Crippen LogP contribution in [-0.2, 0) is 0 Å². The molecule has 4 heteroatoms. The second-order valence-electron chi connectivity index (χ2n) is 2.50. The minimum absolute atomic E-state index is 0. The molecule has 0 saturated heterocycles. The van der Waals surface area contributed by atoms with Crippen molar-refractivity contribution in [2.24, 2.45) is 0 Å². The normalized spacial score (nSPS) is 9.54. The van der Waals surface area contributed by atoms with E-state index < -0.39 is 0 Å². The number of fused-ring (bicyclic) bond motifs is 1. The van der Waals surface area contributed by atoms with Gasteiger partial charge in [-0.15, -0.1) is 12.4 Å². The highest BCUT2D eigenvalue weighted by atomic mass is 35.5. The zero-order valence-corrected chi connectivity index (χ0v) is 7.45. The summed E-state index contributed by atoms with van der Waals surface area (Å²) >= 11 is 0. The number of hydrogen-bond donors (Lipinski definition) is 2. The van der Waals surface area contributed by atoms with Crippen LogP contribution in [0.5, 0.6) is 11.5 Å². The predicted octanol–water partition coefficient (Wildman–Crippen LogP) is 2.07. The van der Waals surface area contributed by atoms with Gasteiger partial charge in [-0.05, 0) is 24.3 Å². The van der Waals surface area contributed by atoms with Crippen molar-refractivity contribution >= 4 is 23.3 Å². The minimum atomic E-state index is 0. The third-order valence-corrected chi connectivity index (χ3v) is 1.73. The number of aromatic nitrogens is 1. The lowest BCUT2D eigenvalue weighted by molar-refractivity contribution is 0.468. The molecule has 0 spiro atoms. The standard InChI is InChI=1S/C9H7NO2.ClH/c11-7-3-4-8(12)9-6(7)2-1-5-10-9;/h1-5,11-12H;1H. The van der Waals surface area contributed by atoms with Gasteiger partial charge in [0, 0.05) is 11.6 Å². The van der Waals surface area contributed by atoms with E-state index in [-0.39, 0.29) is 23.9 Å². The molecule has 0 amide bonds. The highest BCUT2D eigenvalue weighted by molar-refractivity contribution is 5.89. The fourth-order valence-corrected chi connectivity index (χ4v) is 1.14. The SMILES string of the molecule is Cl.Oc1ccc(O)c2ncccc12. The molecular formula is C9H8ClNO2. The second kappa shape index (κ2) is 3.49. The molecule has 1 aromatic heterocycles. The summed E-state index contributed by atoms with van der Waals surface area (Å²) in [5.74, 6) is 0.222. The average molecular weight is 198 g/mol. The predicted molar refractivity (Wildman–Crippen MR) is 52.3 cm³/mol. The number of phenolic OH excluding ortho intramolecular Hbond substituents is 2. The Kier molecular flexibility index (Phi) is 2.58. The molecule has 0 aliphatic carbocycles. The van der Waals surface area contributed by atoms with Crippen molar-refractivity contribution in [3.63, 3.8) is 0 Å². The van der Waals surface area contributed by atoms with E-state index in [1.165, 1.54) is 12.1 Å². The summed E-state index contributed by atoms with van der Waals surface area (Å²) in [5, 5.41) is 19.2. The number of hydrogen-bond acceptors (Lipinski definition) is 3. The molecule has 0 aliphatic rings. The number of aromatic hydroxyl groups is 2. The van der Waals surface area contributed by atoms with Gasteiger partial charge in [0.2, 0.25) is 0 Å². The molecule has 0 aliphatic heterocycles. The Labute approximate surface area is 81.1 Å². The topological polar surface area (TPSA) is 53.4 Å². The number of benzene rings is 1. The molecule has 0 radical (unpaired) electrons. The van der Waals surface area contributed by atoms with Crippen molar-refractivity contribution in [1.29, 1.82) is 0 Å². The number of nitrogens with zero attached hydrogens (tertiary/aromatic N) is 1. The maximum Gasteiger partial charge on any atom is 0.142 e. The fourth-order valence-electron chi connectivity index (χ4n) is 1.14. The maximum absolute atomic E-state index is 9.34. The molecule has 2 aromatic rings. The van der Waals surface area contributed by atoms with Crippen molar-refractivity contribution in [2.45, 2.75) is 0 Å². The van der Waals surface area contributed by atoms with Gasteiger partial charge in [0.1, 0.15) is 17.0 Å². The van der Waals surface area contributed by atoms with Gasteiger partial charge in [0.05, 0.1) is 0 Å². The van der Waals surface area contributed by atoms with Crippen LogP contribution in [0.15, 0.2) is 30.5 Å². The number of rotatable bonds is 0. The first-order valence-corrected chi connectivity index (χ1v) is 3.55. The van der Waals surface area contributed by atoms with Crippen LogP contribution in [0, 0.1) is 0 Å². The van der Waals surface area contributed by atoms with Gasteiger partial charge in [-0.2, -0.15) is 0 Å². The summed E-state index contributed by atoms with van der Waals surface area (Å²) in [7, 11) is 0.